The minimum atomic E-state index is -0.392. The fourth-order valence-electron chi connectivity index (χ4n) is 2.47. The molecule has 25 heavy (non-hydrogen) atoms. The van der Waals surface area contributed by atoms with E-state index in [1.165, 1.54) is 7.11 Å². The van der Waals surface area contributed by atoms with E-state index in [-0.39, 0.29) is 5.76 Å². The molecule has 0 saturated heterocycles. The summed E-state index contributed by atoms with van der Waals surface area (Å²) in [4.78, 5) is 22.8. The van der Waals surface area contributed by atoms with Crippen molar-refractivity contribution < 1.29 is 18.7 Å². The number of methoxy groups -OCH3 is 1. The Morgan fingerprint density at radius 2 is 1.68 bits per heavy atom. The largest absolute Gasteiger partial charge is 0.465 e. The van der Waals surface area contributed by atoms with Crippen LogP contribution in [0.2, 0.25) is 0 Å². The summed E-state index contributed by atoms with van der Waals surface area (Å²) in [5.41, 5.74) is 2.98. The van der Waals surface area contributed by atoms with Crippen molar-refractivity contribution in [2.45, 2.75) is 0 Å². The van der Waals surface area contributed by atoms with Crippen molar-refractivity contribution in [2.24, 2.45) is 0 Å². The van der Waals surface area contributed by atoms with E-state index in [0.717, 1.165) is 16.7 Å². The number of carbonyl (C=O) groups is 2. The molecule has 0 aliphatic rings. The van der Waals surface area contributed by atoms with Gasteiger partial charge in [-0.05, 0) is 29.3 Å². The average molecular weight is 332 g/mol. The third kappa shape index (κ3) is 3.75. The van der Waals surface area contributed by atoms with Crippen molar-refractivity contribution in [3.05, 3.63) is 83.6 Å². The summed E-state index contributed by atoms with van der Waals surface area (Å²) in [6, 6.07) is 20.2. The Kier molecular flexibility index (Phi) is 4.90. The molecule has 0 bridgehead atoms. The molecule has 0 fully saturated rings. The van der Waals surface area contributed by atoms with Gasteiger partial charge in [0.2, 0.25) is 0 Å². The van der Waals surface area contributed by atoms with E-state index in [4.69, 9.17) is 9.15 Å². The predicted octanol–water partition coefficient (Wildman–Crippen LogP) is 4.47. The lowest BCUT2D eigenvalue weighted by Gasteiger charge is -2.06. The zero-order chi connectivity index (χ0) is 17.6. The first-order chi connectivity index (χ1) is 12.2. The number of aldehydes is 1. The first kappa shape index (κ1) is 16.5. The Morgan fingerprint density at radius 3 is 2.28 bits per heavy atom. The van der Waals surface area contributed by atoms with Crippen LogP contribution in [0.25, 0.3) is 23.0 Å². The van der Waals surface area contributed by atoms with E-state index in [1.54, 1.807) is 18.2 Å². The summed E-state index contributed by atoms with van der Waals surface area (Å²) >= 11 is 0. The molecule has 124 valence electrons. The molecule has 0 amide bonds. The van der Waals surface area contributed by atoms with Crippen LogP contribution in [0.1, 0.15) is 21.7 Å². The maximum absolute atomic E-state index is 12.1. The number of furan rings is 1. The standard InChI is InChI=1S/C21H16O4/c1-24-21(23)19(16-5-3-2-4-6-16)13-15-7-9-17(10-8-15)20-12-11-18(14-22)25-20/h2-14H,1H3. The van der Waals surface area contributed by atoms with E-state index in [2.05, 4.69) is 0 Å². The van der Waals surface area contributed by atoms with Gasteiger partial charge in [-0.15, -0.1) is 0 Å². The van der Waals surface area contributed by atoms with Crippen molar-refractivity contribution in [1.82, 2.24) is 0 Å². The van der Waals surface area contributed by atoms with Crippen molar-refractivity contribution in [1.29, 1.82) is 0 Å². The van der Waals surface area contributed by atoms with E-state index in [0.29, 0.717) is 17.6 Å². The molecular formula is C21H16O4. The average Bonchev–Trinajstić information content (AvgIpc) is 3.16. The molecule has 0 aliphatic heterocycles. The van der Waals surface area contributed by atoms with Gasteiger partial charge in [-0.2, -0.15) is 0 Å². The van der Waals surface area contributed by atoms with Gasteiger partial charge in [0, 0.05) is 5.56 Å². The molecular weight excluding hydrogens is 316 g/mol. The Labute approximate surface area is 145 Å². The van der Waals surface area contributed by atoms with Crippen LogP contribution >= 0.6 is 0 Å². The number of hydrogen-bond donors (Lipinski definition) is 0. The predicted molar refractivity (Wildman–Crippen MR) is 95.9 cm³/mol. The third-order valence-electron chi connectivity index (χ3n) is 3.74. The number of hydrogen-bond acceptors (Lipinski definition) is 4. The van der Waals surface area contributed by atoms with E-state index < -0.39 is 5.97 Å². The van der Waals surface area contributed by atoms with Crippen LogP contribution in [-0.2, 0) is 9.53 Å². The molecule has 4 nitrogen and oxygen atoms in total. The Hall–Kier alpha value is -3.40. The molecule has 0 N–H and O–H groups in total. The lowest BCUT2D eigenvalue weighted by molar-refractivity contribution is -0.133. The summed E-state index contributed by atoms with van der Waals surface area (Å²) in [5, 5.41) is 0. The smallest absolute Gasteiger partial charge is 0.338 e. The van der Waals surface area contributed by atoms with E-state index >= 15 is 0 Å². The number of rotatable bonds is 5. The molecule has 3 rings (SSSR count). The molecule has 1 aromatic heterocycles. The number of benzene rings is 2. The quantitative estimate of drug-likeness (QED) is 0.299. The van der Waals surface area contributed by atoms with Gasteiger partial charge in [0.1, 0.15) is 5.76 Å². The molecule has 0 spiro atoms. The highest BCUT2D eigenvalue weighted by Gasteiger charge is 2.12. The molecule has 4 heteroatoms. The Morgan fingerprint density at radius 1 is 0.960 bits per heavy atom. The van der Waals surface area contributed by atoms with Gasteiger partial charge in [0.25, 0.3) is 0 Å². The van der Waals surface area contributed by atoms with Crippen molar-refractivity contribution in [3.8, 4) is 11.3 Å². The first-order valence-corrected chi connectivity index (χ1v) is 7.72. The molecule has 0 unspecified atom stereocenters. The maximum Gasteiger partial charge on any atom is 0.338 e. The van der Waals surface area contributed by atoms with Gasteiger partial charge in [0.05, 0.1) is 12.7 Å². The summed E-state index contributed by atoms with van der Waals surface area (Å²) in [6.07, 6.45) is 2.45. The highest BCUT2D eigenvalue weighted by Crippen LogP contribution is 2.24. The molecule has 2 aromatic carbocycles. The zero-order valence-electron chi connectivity index (χ0n) is 13.6. The Bertz CT molecular complexity index is 903. The van der Waals surface area contributed by atoms with Crippen molar-refractivity contribution >= 4 is 23.9 Å². The minimum Gasteiger partial charge on any atom is -0.465 e. The van der Waals surface area contributed by atoms with Gasteiger partial charge in [-0.1, -0.05) is 54.6 Å². The molecule has 0 atom stereocenters. The third-order valence-corrected chi connectivity index (χ3v) is 3.74. The first-order valence-electron chi connectivity index (χ1n) is 7.72. The maximum atomic E-state index is 12.1. The van der Waals surface area contributed by atoms with Gasteiger partial charge < -0.3 is 9.15 Å². The van der Waals surface area contributed by atoms with Crippen LogP contribution in [0.4, 0.5) is 0 Å². The summed E-state index contributed by atoms with van der Waals surface area (Å²) in [6.45, 7) is 0. The van der Waals surface area contributed by atoms with Crippen LogP contribution < -0.4 is 0 Å². The van der Waals surface area contributed by atoms with Crippen LogP contribution in [-0.4, -0.2) is 19.4 Å². The summed E-state index contributed by atoms with van der Waals surface area (Å²) in [7, 11) is 1.36. The van der Waals surface area contributed by atoms with Crippen LogP contribution in [0, 0.1) is 0 Å². The normalized spacial score (nSPS) is 11.2. The van der Waals surface area contributed by atoms with Gasteiger partial charge in [0.15, 0.2) is 12.0 Å². The SMILES string of the molecule is COC(=O)C(=Cc1ccc(-c2ccc(C=O)o2)cc1)c1ccccc1. The lowest BCUT2D eigenvalue weighted by atomic mass is 10.0. The second-order valence-electron chi connectivity index (χ2n) is 5.36. The zero-order valence-corrected chi connectivity index (χ0v) is 13.6. The molecule has 0 radical (unpaired) electrons. The monoisotopic (exact) mass is 332 g/mol. The topological polar surface area (TPSA) is 56.5 Å². The van der Waals surface area contributed by atoms with Gasteiger partial charge in [-0.3, -0.25) is 4.79 Å². The fourth-order valence-corrected chi connectivity index (χ4v) is 2.47. The van der Waals surface area contributed by atoms with Crippen LogP contribution in [0.15, 0.2) is 71.1 Å². The summed E-state index contributed by atoms with van der Waals surface area (Å²) < 4.78 is 10.3. The lowest BCUT2D eigenvalue weighted by Crippen LogP contribution is -2.03. The molecule has 3 aromatic rings. The van der Waals surface area contributed by atoms with Gasteiger partial charge in [-0.25, -0.2) is 4.79 Å². The highest BCUT2D eigenvalue weighted by molar-refractivity contribution is 6.21. The van der Waals surface area contributed by atoms with Gasteiger partial charge >= 0.3 is 5.97 Å². The van der Waals surface area contributed by atoms with Crippen LogP contribution in [0.5, 0.6) is 0 Å². The highest BCUT2D eigenvalue weighted by atomic mass is 16.5. The summed E-state index contributed by atoms with van der Waals surface area (Å²) in [5.74, 6) is 0.516. The molecule has 0 saturated carbocycles. The second-order valence-corrected chi connectivity index (χ2v) is 5.36. The molecule has 0 aliphatic carbocycles. The molecule has 1 heterocycles. The van der Waals surface area contributed by atoms with Crippen molar-refractivity contribution in [3.63, 3.8) is 0 Å². The second kappa shape index (κ2) is 7.45. The van der Waals surface area contributed by atoms with E-state index in [9.17, 15) is 9.59 Å². The minimum absolute atomic E-state index is 0.288. The van der Waals surface area contributed by atoms with Crippen molar-refractivity contribution in [2.75, 3.05) is 7.11 Å². The van der Waals surface area contributed by atoms with E-state index in [1.807, 2.05) is 54.6 Å². The fraction of sp³-hybridized carbons (Fsp3) is 0.0476. The van der Waals surface area contributed by atoms with Crippen LogP contribution in [0.3, 0.4) is 0 Å². The Balaban J connectivity index is 1.93. The number of carbonyl (C=O) groups excluding carboxylic acids is 2. The number of esters is 1. The number of ether oxygens (including phenoxy) is 1.